The van der Waals surface area contributed by atoms with Gasteiger partial charge >= 0.3 is 0 Å². The molecule has 2 aromatic carbocycles. The Hall–Kier alpha value is -3.54. The molecule has 26 heavy (non-hydrogen) atoms. The molecule has 1 aromatic heterocycles. The van der Waals surface area contributed by atoms with Crippen LogP contribution in [0.2, 0.25) is 0 Å². The van der Waals surface area contributed by atoms with Gasteiger partial charge in [0, 0.05) is 24.5 Å². The average molecular weight is 342 g/mol. The number of aromatic nitrogens is 2. The molecule has 3 heterocycles. The number of imide groups is 1. The van der Waals surface area contributed by atoms with Crippen molar-refractivity contribution in [1.29, 1.82) is 0 Å². The molecule has 0 bridgehead atoms. The maximum absolute atomic E-state index is 12.7. The lowest BCUT2D eigenvalue weighted by Crippen LogP contribution is -2.41. The fourth-order valence-electron chi connectivity index (χ4n) is 3.58. The predicted octanol–water partition coefficient (Wildman–Crippen LogP) is 2.77. The highest BCUT2D eigenvalue weighted by Gasteiger charge is 2.37. The fourth-order valence-corrected chi connectivity index (χ4v) is 3.58. The number of hydrogen-bond donors (Lipinski definition) is 0. The van der Waals surface area contributed by atoms with Crippen molar-refractivity contribution in [2.24, 2.45) is 0 Å². The van der Waals surface area contributed by atoms with Crippen molar-refractivity contribution in [3.05, 3.63) is 83.3 Å². The van der Waals surface area contributed by atoms with E-state index in [1.165, 1.54) is 4.90 Å². The topological polar surface area (TPSA) is 66.4 Å². The van der Waals surface area contributed by atoms with E-state index in [2.05, 4.69) is 9.97 Å². The van der Waals surface area contributed by atoms with E-state index in [1.807, 2.05) is 29.2 Å². The second kappa shape index (κ2) is 5.49. The predicted molar refractivity (Wildman–Crippen MR) is 95.2 cm³/mol. The van der Waals surface area contributed by atoms with Gasteiger partial charge in [-0.1, -0.05) is 30.3 Å². The molecule has 0 saturated heterocycles. The molecule has 0 fully saturated rings. The number of carbonyl (C=O) groups is 2. The lowest BCUT2D eigenvalue weighted by Gasteiger charge is -2.33. The lowest BCUT2D eigenvalue weighted by atomic mass is 10.0. The molecule has 2 amide bonds. The third-order valence-corrected chi connectivity index (χ3v) is 4.81. The Bertz CT molecular complexity index is 982. The van der Waals surface area contributed by atoms with Crippen LogP contribution in [0, 0.1) is 0 Å². The molecule has 0 N–H and O–H groups in total. The summed E-state index contributed by atoms with van der Waals surface area (Å²) in [6.45, 7) is 0.106. The maximum Gasteiger partial charge on any atom is 0.263 e. The summed E-state index contributed by atoms with van der Waals surface area (Å²) in [5, 5.41) is 0. The smallest absolute Gasteiger partial charge is 0.263 e. The molecule has 3 aromatic rings. The number of anilines is 2. The van der Waals surface area contributed by atoms with E-state index in [-0.39, 0.29) is 18.5 Å². The van der Waals surface area contributed by atoms with Crippen LogP contribution in [0.25, 0.3) is 0 Å². The Balaban J connectivity index is 1.58. The summed E-state index contributed by atoms with van der Waals surface area (Å²) in [7, 11) is 0. The van der Waals surface area contributed by atoms with Crippen molar-refractivity contribution in [3.63, 3.8) is 0 Å². The molecule has 6 heteroatoms. The Labute approximate surface area is 149 Å². The molecule has 0 atom stereocenters. The van der Waals surface area contributed by atoms with Crippen LogP contribution in [-0.2, 0) is 6.42 Å². The summed E-state index contributed by atoms with van der Waals surface area (Å²) in [6, 6.07) is 14.8. The normalized spacial score (nSPS) is 14.9. The fraction of sp³-hybridized carbons (Fsp3) is 0.100. The minimum Gasteiger partial charge on any atom is -0.306 e. The van der Waals surface area contributed by atoms with E-state index in [9.17, 15) is 9.59 Å². The zero-order valence-electron chi connectivity index (χ0n) is 13.8. The molecule has 6 nitrogen and oxygen atoms in total. The van der Waals surface area contributed by atoms with Gasteiger partial charge in [0.15, 0.2) is 5.82 Å². The van der Waals surface area contributed by atoms with E-state index in [0.29, 0.717) is 23.4 Å². The average Bonchev–Trinajstić information content (AvgIpc) is 2.93. The quantitative estimate of drug-likeness (QED) is 0.670. The molecule has 2 aliphatic heterocycles. The Morgan fingerprint density at radius 1 is 0.808 bits per heavy atom. The number of rotatable bonds is 2. The van der Waals surface area contributed by atoms with Gasteiger partial charge < -0.3 is 4.90 Å². The summed E-state index contributed by atoms with van der Waals surface area (Å²) in [6.07, 6.45) is 3.97. The Morgan fingerprint density at radius 2 is 1.46 bits per heavy atom. The third-order valence-electron chi connectivity index (χ3n) is 4.81. The van der Waals surface area contributed by atoms with Gasteiger partial charge in [-0.3, -0.25) is 19.5 Å². The summed E-state index contributed by atoms with van der Waals surface area (Å²) in [5.41, 5.74) is 3.77. The summed E-state index contributed by atoms with van der Waals surface area (Å²) >= 11 is 0. The monoisotopic (exact) mass is 342 g/mol. The van der Waals surface area contributed by atoms with Gasteiger partial charge in [-0.25, -0.2) is 4.98 Å². The number of fused-ring (bicyclic) bond motifs is 3. The molecular weight excluding hydrogens is 328 g/mol. The molecule has 5 rings (SSSR count). The highest BCUT2D eigenvalue weighted by molar-refractivity contribution is 6.21. The first kappa shape index (κ1) is 14.8. The highest BCUT2D eigenvalue weighted by atomic mass is 16.2. The molecule has 0 spiro atoms. The van der Waals surface area contributed by atoms with Crippen LogP contribution in [0.5, 0.6) is 0 Å². The minimum atomic E-state index is -0.279. The molecule has 0 radical (unpaired) electrons. The van der Waals surface area contributed by atoms with E-state index < -0.39 is 0 Å². The van der Waals surface area contributed by atoms with Gasteiger partial charge in [-0.15, -0.1) is 0 Å². The molecule has 0 saturated carbocycles. The second-order valence-corrected chi connectivity index (χ2v) is 6.29. The number of benzene rings is 2. The van der Waals surface area contributed by atoms with E-state index in [4.69, 9.17) is 0 Å². The first-order valence-corrected chi connectivity index (χ1v) is 8.34. The number of amides is 2. The van der Waals surface area contributed by atoms with E-state index >= 15 is 0 Å². The lowest BCUT2D eigenvalue weighted by molar-refractivity contribution is 0.0657. The van der Waals surface area contributed by atoms with Crippen LogP contribution in [0.4, 0.5) is 11.5 Å². The zero-order chi connectivity index (χ0) is 17.7. The van der Waals surface area contributed by atoms with Crippen molar-refractivity contribution in [3.8, 4) is 0 Å². The van der Waals surface area contributed by atoms with Gasteiger partial charge in [0.25, 0.3) is 11.8 Å². The van der Waals surface area contributed by atoms with Crippen LogP contribution in [-0.4, -0.2) is 33.4 Å². The molecule has 0 aliphatic carbocycles. The Kier molecular flexibility index (Phi) is 3.12. The summed E-state index contributed by atoms with van der Waals surface area (Å²) in [4.78, 5) is 37.5. The van der Waals surface area contributed by atoms with E-state index in [0.717, 1.165) is 16.9 Å². The third kappa shape index (κ3) is 2.05. The van der Waals surface area contributed by atoms with Crippen LogP contribution < -0.4 is 4.90 Å². The molecule has 0 unspecified atom stereocenters. The van der Waals surface area contributed by atoms with Crippen molar-refractivity contribution >= 4 is 23.3 Å². The summed E-state index contributed by atoms with van der Waals surface area (Å²) in [5.74, 6) is 0.126. The first-order chi connectivity index (χ1) is 12.7. The standard InChI is InChI=1S/C20H14N4O2/c25-19-14-6-2-3-7-15(14)20(26)24(19)12-23-17-8-4-1-5-13(17)11-16-18(23)22-10-9-21-16/h1-10H,11-12H2. The second-order valence-electron chi connectivity index (χ2n) is 6.29. The van der Waals surface area contributed by atoms with Crippen LogP contribution in [0.3, 0.4) is 0 Å². The van der Waals surface area contributed by atoms with Gasteiger partial charge in [0.2, 0.25) is 0 Å². The highest BCUT2D eigenvalue weighted by Crippen LogP contribution is 2.37. The Morgan fingerprint density at radius 3 is 2.23 bits per heavy atom. The van der Waals surface area contributed by atoms with Crippen molar-refractivity contribution in [2.75, 3.05) is 11.6 Å². The van der Waals surface area contributed by atoms with Crippen LogP contribution in [0.15, 0.2) is 60.9 Å². The number of para-hydroxylation sites is 1. The molecular formula is C20H14N4O2. The minimum absolute atomic E-state index is 0.106. The molecule has 2 aliphatic rings. The number of carbonyl (C=O) groups excluding carboxylic acids is 2. The van der Waals surface area contributed by atoms with Gasteiger partial charge in [0.1, 0.15) is 6.67 Å². The number of nitrogens with zero attached hydrogens (tertiary/aromatic N) is 4. The number of hydrogen-bond acceptors (Lipinski definition) is 5. The molecule has 126 valence electrons. The van der Waals surface area contributed by atoms with Crippen LogP contribution in [0.1, 0.15) is 32.0 Å². The van der Waals surface area contributed by atoms with Crippen molar-refractivity contribution in [1.82, 2.24) is 14.9 Å². The SMILES string of the molecule is O=C1c2ccccc2C(=O)N1CN1c2ccccc2Cc2nccnc21. The van der Waals surface area contributed by atoms with Crippen molar-refractivity contribution in [2.45, 2.75) is 6.42 Å². The maximum atomic E-state index is 12.7. The van der Waals surface area contributed by atoms with Gasteiger partial charge in [-0.2, -0.15) is 0 Å². The summed E-state index contributed by atoms with van der Waals surface area (Å²) < 4.78 is 0. The van der Waals surface area contributed by atoms with Gasteiger partial charge in [0.05, 0.1) is 16.8 Å². The van der Waals surface area contributed by atoms with Crippen molar-refractivity contribution < 1.29 is 9.59 Å². The van der Waals surface area contributed by atoms with Crippen LogP contribution >= 0.6 is 0 Å². The van der Waals surface area contributed by atoms with E-state index in [1.54, 1.807) is 36.7 Å². The largest absolute Gasteiger partial charge is 0.306 e. The van der Waals surface area contributed by atoms with Gasteiger partial charge in [-0.05, 0) is 23.8 Å². The zero-order valence-corrected chi connectivity index (χ0v) is 13.8. The first-order valence-electron chi connectivity index (χ1n) is 8.34.